The van der Waals surface area contributed by atoms with Gasteiger partial charge in [-0.05, 0) is 42.8 Å². The van der Waals surface area contributed by atoms with Gasteiger partial charge in [-0.3, -0.25) is 9.36 Å². The molecule has 4 rings (SSSR count). The zero-order valence-corrected chi connectivity index (χ0v) is 13.7. The van der Waals surface area contributed by atoms with E-state index in [-0.39, 0.29) is 11.7 Å². The molecule has 2 nitrogen and oxygen atoms in total. The molecule has 3 heteroatoms. The van der Waals surface area contributed by atoms with Gasteiger partial charge in [-0.2, -0.15) is 0 Å². The lowest BCUT2D eigenvalue weighted by Crippen LogP contribution is -2.10. The van der Waals surface area contributed by atoms with Gasteiger partial charge in [0.05, 0.1) is 5.52 Å². The fraction of sp³-hybridized carbons (Fsp3) is 0.0455. The van der Waals surface area contributed by atoms with Crippen molar-refractivity contribution in [3.05, 3.63) is 95.9 Å². The lowest BCUT2D eigenvalue weighted by Gasteiger charge is -2.04. The third-order valence-electron chi connectivity index (χ3n) is 4.38. The molecule has 0 fully saturated rings. The second-order valence-corrected chi connectivity index (χ2v) is 6.11. The molecule has 0 saturated heterocycles. The topological polar surface area (TPSA) is 22.0 Å². The number of rotatable bonds is 2. The largest absolute Gasteiger partial charge is 0.283 e. The first-order chi connectivity index (χ1) is 12.1. The molecule has 0 radical (unpaired) electrons. The average molecular weight is 329 g/mol. The Kier molecular flexibility index (Phi) is 3.69. The van der Waals surface area contributed by atoms with Crippen LogP contribution in [0.1, 0.15) is 15.9 Å². The highest BCUT2D eigenvalue weighted by Crippen LogP contribution is 2.31. The van der Waals surface area contributed by atoms with Crippen LogP contribution in [0.4, 0.5) is 4.39 Å². The molecule has 0 aliphatic carbocycles. The third kappa shape index (κ3) is 2.74. The van der Waals surface area contributed by atoms with Crippen LogP contribution in [-0.2, 0) is 0 Å². The summed E-state index contributed by atoms with van der Waals surface area (Å²) < 4.78 is 14.9. The minimum absolute atomic E-state index is 0.0791. The van der Waals surface area contributed by atoms with E-state index in [9.17, 15) is 9.18 Å². The lowest BCUT2D eigenvalue weighted by molar-refractivity contribution is 0.0965. The standard InChI is InChI=1S/C22H16FNO/c1-15-6-8-17(9-7-15)22(25)24-14-20(16-10-12-18(23)13-11-16)19-4-2-3-5-21(19)24/h2-14H,1H3. The molecule has 4 aromatic rings. The number of carbonyl (C=O) groups is 1. The van der Waals surface area contributed by atoms with Crippen molar-refractivity contribution >= 4 is 16.8 Å². The minimum Gasteiger partial charge on any atom is -0.283 e. The van der Waals surface area contributed by atoms with Gasteiger partial charge < -0.3 is 0 Å². The van der Waals surface area contributed by atoms with Crippen LogP contribution in [0.3, 0.4) is 0 Å². The number of para-hydroxylation sites is 1. The van der Waals surface area contributed by atoms with Crippen molar-refractivity contribution < 1.29 is 9.18 Å². The first-order valence-electron chi connectivity index (χ1n) is 8.11. The normalized spacial score (nSPS) is 11.0. The highest BCUT2D eigenvalue weighted by Gasteiger charge is 2.16. The van der Waals surface area contributed by atoms with Crippen LogP contribution in [0.25, 0.3) is 22.0 Å². The summed E-state index contributed by atoms with van der Waals surface area (Å²) in [7, 11) is 0. The SMILES string of the molecule is Cc1ccc(C(=O)n2cc(-c3ccc(F)cc3)c3ccccc32)cc1. The zero-order valence-electron chi connectivity index (χ0n) is 13.7. The monoisotopic (exact) mass is 329 g/mol. The van der Waals surface area contributed by atoms with Gasteiger partial charge in [-0.25, -0.2) is 4.39 Å². The number of hydrogen-bond acceptors (Lipinski definition) is 1. The Morgan fingerprint density at radius 2 is 1.56 bits per heavy atom. The summed E-state index contributed by atoms with van der Waals surface area (Å²) in [5.41, 5.74) is 4.38. The molecule has 1 heterocycles. The van der Waals surface area contributed by atoms with Gasteiger partial charge in [0.1, 0.15) is 5.82 Å². The van der Waals surface area contributed by atoms with Crippen LogP contribution in [0.15, 0.2) is 79.0 Å². The third-order valence-corrected chi connectivity index (χ3v) is 4.38. The molecule has 0 saturated carbocycles. The highest BCUT2D eigenvalue weighted by molar-refractivity contribution is 6.06. The molecule has 3 aromatic carbocycles. The molecular weight excluding hydrogens is 313 g/mol. The first-order valence-corrected chi connectivity index (χ1v) is 8.11. The number of carbonyl (C=O) groups excluding carboxylic acids is 1. The van der Waals surface area contributed by atoms with Crippen LogP contribution in [0.5, 0.6) is 0 Å². The molecule has 0 amide bonds. The zero-order chi connectivity index (χ0) is 17.4. The predicted molar refractivity (Wildman–Crippen MR) is 98.2 cm³/mol. The quantitative estimate of drug-likeness (QED) is 0.480. The van der Waals surface area contributed by atoms with E-state index in [0.717, 1.165) is 27.6 Å². The van der Waals surface area contributed by atoms with Gasteiger partial charge in [0.2, 0.25) is 0 Å². The molecule has 0 atom stereocenters. The van der Waals surface area contributed by atoms with Crippen LogP contribution >= 0.6 is 0 Å². The fourth-order valence-electron chi connectivity index (χ4n) is 3.04. The maximum absolute atomic E-state index is 13.2. The van der Waals surface area contributed by atoms with Gasteiger partial charge in [0.15, 0.2) is 0 Å². The van der Waals surface area contributed by atoms with Gasteiger partial charge in [-0.15, -0.1) is 0 Å². The Balaban J connectivity index is 1.89. The minimum atomic E-state index is -0.275. The number of aryl methyl sites for hydroxylation is 1. The molecule has 122 valence electrons. The van der Waals surface area contributed by atoms with Crippen LogP contribution in [0.2, 0.25) is 0 Å². The van der Waals surface area contributed by atoms with E-state index >= 15 is 0 Å². The van der Waals surface area contributed by atoms with E-state index in [0.29, 0.717) is 5.56 Å². The Bertz CT molecular complexity index is 1060. The number of hydrogen-bond donors (Lipinski definition) is 0. The Hall–Kier alpha value is -3.20. The summed E-state index contributed by atoms with van der Waals surface area (Å²) in [5, 5.41) is 0.967. The molecule has 0 unspecified atom stereocenters. The van der Waals surface area contributed by atoms with E-state index in [4.69, 9.17) is 0 Å². The number of fused-ring (bicyclic) bond motifs is 1. The van der Waals surface area contributed by atoms with Crippen molar-refractivity contribution in [3.8, 4) is 11.1 Å². The van der Waals surface area contributed by atoms with E-state index in [1.807, 2.05) is 61.7 Å². The number of aromatic nitrogens is 1. The average Bonchev–Trinajstić information content (AvgIpc) is 3.02. The Morgan fingerprint density at radius 1 is 0.880 bits per heavy atom. The lowest BCUT2D eigenvalue weighted by atomic mass is 10.1. The van der Waals surface area contributed by atoms with E-state index in [2.05, 4.69) is 0 Å². The summed E-state index contributed by atoms with van der Waals surface area (Å²) in [6.45, 7) is 1.99. The summed E-state index contributed by atoms with van der Waals surface area (Å²) in [6.07, 6.45) is 1.83. The first kappa shape index (κ1) is 15.3. The van der Waals surface area contributed by atoms with Crippen molar-refractivity contribution in [2.24, 2.45) is 0 Å². The number of halogens is 1. The fourth-order valence-corrected chi connectivity index (χ4v) is 3.04. The van der Waals surface area contributed by atoms with E-state index in [1.165, 1.54) is 12.1 Å². The molecule has 25 heavy (non-hydrogen) atoms. The molecule has 0 aliphatic rings. The molecule has 0 bridgehead atoms. The second kappa shape index (κ2) is 6.02. The summed E-state index contributed by atoms with van der Waals surface area (Å²) in [6, 6.07) is 21.6. The maximum atomic E-state index is 13.2. The highest BCUT2D eigenvalue weighted by atomic mass is 19.1. The smallest absolute Gasteiger partial charge is 0.262 e. The van der Waals surface area contributed by atoms with E-state index in [1.54, 1.807) is 16.7 Å². The number of benzene rings is 3. The second-order valence-electron chi connectivity index (χ2n) is 6.11. The number of nitrogens with zero attached hydrogens (tertiary/aromatic N) is 1. The van der Waals surface area contributed by atoms with E-state index < -0.39 is 0 Å². The maximum Gasteiger partial charge on any atom is 0.262 e. The predicted octanol–water partition coefficient (Wildman–Crippen LogP) is 5.44. The van der Waals surface area contributed by atoms with Crippen molar-refractivity contribution in [1.82, 2.24) is 4.57 Å². The molecule has 0 aliphatic heterocycles. The van der Waals surface area contributed by atoms with Gasteiger partial charge in [0, 0.05) is 22.7 Å². The van der Waals surface area contributed by atoms with Crippen LogP contribution in [0, 0.1) is 12.7 Å². The Morgan fingerprint density at radius 3 is 2.28 bits per heavy atom. The summed E-state index contributed by atoms with van der Waals surface area (Å²) in [5.74, 6) is -0.354. The van der Waals surface area contributed by atoms with Crippen molar-refractivity contribution in [2.75, 3.05) is 0 Å². The Labute approximate surface area is 145 Å². The molecule has 0 N–H and O–H groups in total. The van der Waals surface area contributed by atoms with Gasteiger partial charge >= 0.3 is 0 Å². The van der Waals surface area contributed by atoms with Crippen molar-refractivity contribution in [1.29, 1.82) is 0 Å². The van der Waals surface area contributed by atoms with Gasteiger partial charge in [-0.1, -0.05) is 48.0 Å². The summed E-state index contributed by atoms with van der Waals surface area (Å²) >= 11 is 0. The van der Waals surface area contributed by atoms with Crippen molar-refractivity contribution in [2.45, 2.75) is 6.92 Å². The van der Waals surface area contributed by atoms with Crippen LogP contribution in [-0.4, -0.2) is 10.5 Å². The van der Waals surface area contributed by atoms with Crippen molar-refractivity contribution in [3.63, 3.8) is 0 Å². The summed E-state index contributed by atoms with van der Waals surface area (Å²) in [4.78, 5) is 13.0. The van der Waals surface area contributed by atoms with Crippen LogP contribution < -0.4 is 0 Å². The molecular formula is C22H16FNO. The van der Waals surface area contributed by atoms with Gasteiger partial charge in [0.25, 0.3) is 5.91 Å². The molecule has 1 aromatic heterocycles. The molecule has 0 spiro atoms.